The van der Waals surface area contributed by atoms with Gasteiger partial charge < -0.3 is 5.32 Å². The van der Waals surface area contributed by atoms with Crippen molar-refractivity contribution in [1.29, 1.82) is 0 Å². The highest BCUT2D eigenvalue weighted by Crippen LogP contribution is 2.13. The van der Waals surface area contributed by atoms with Crippen LogP contribution in [0.4, 0.5) is 0 Å². The molecule has 1 aromatic rings. The van der Waals surface area contributed by atoms with Crippen molar-refractivity contribution in [1.82, 2.24) is 5.32 Å². The molecule has 0 aliphatic carbocycles. The third-order valence-corrected chi connectivity index (χ3v) is 3.01. The summed E-state index contributed by atoms with van der Waals surface area (Å²) in [6.45, 7) is 6.20. The third-order valence-electron chi connectivity index (χ3n) is 2.70. The van der Waals surface area contributed by atoms with E-state index in [4.69, 9.17) is 11.6 Å². The van der Waals surface area contributed by atoms with Gasteiger partial charge in [-0.05, 0) is 38.0 Å². The van der Waals surface area contributed by atoms with Crippen LogP contribution in [-0.2, 0) is 5.88 Å². The Morgan fingerprint density at radius 2 is 1.88 bits per heavy atom. The molecule has 1 aromatic carbocycles. The fourth-order valence-corrected chi connectivity index (χ4v) is 1.99. The molecule has 0 saturated carbocycles. The molecule has 3 heteroatoms. The molecule has 0 spiro atoms. The number of amides is 1. The molecule has 1 amide bonds. The van der Waals surface area contributed by atoms with Crippen LogP contribution in [0.5, 0.6) is 0 Å². The average Bonchev–Trinajstić information content (AvgIpc) is 2.28. The predicted octanol–water partition coefficient (Wildman–Crippen LogP) is 3.73. The largest absolute Gasteiger partial charge is 0.347 e. The van der Waals surface area contributed by atoms with E-state index in [-0.39, 0.29) is 11.4 Å². The highest BCUT2D eigenvalue weighted by molar-refractivity contribution is 6.17. The van der Waals surface area contributed by atoms with Gasteiger partial charge in [0.2, 0.25) is 0 Å². The van der Waals surface area contributed by atoms with Gasteiger partial charge in [-0.25, -0.2) is 0 Å². The molecule has 1 rings (SSSR count). The molecule has 0 bridgehead atoms. The topological polar surface area (TPSA) is 29.1 Å². The van der Waals surface area contributed by atoms with Crippen molar-refractivity contribution in [3.8, 4) is 0 Å². The van der Waals surface area contributed by atoms with Gasteiger partial charge in [0.25, 0.3) is 5.91 Å². The number of benzene rings is 1. The molecule has 0 aliphatic rings. The molecule has 0 fully saturated rings. The van der Waals surface area contributed by atoms with Crippen LogP contribution < -0.4 is 5.32 Å². The molecule has 17 heavy (non-hydrogen) atoms. The molecule has 0 atom stereocenters. The Balaban J connectivity index is 2.69. The Hall–Kier alpha value is -1.02. The van der Waals surface area contributed by atoms with Gasteiger partial charge in [0.15, 0.2) is 0 Å². The van der Waals surface area contributed by atoms with Crippen LogP contribution in [0.25, 0.3) is 0 Å². The minimum atomic E-state index is -0.156. The van der Waals surface area contributed by atoms with Gasteiger partial charge in [0, 0.05) is 17.0 Å². The fourth-order valence-electron chi connectivity index (χ4n) is 1.81. The Bertz CT molecular complexity index is 370. The van der Waals surface area contributed by atoms with Crippen LogP contribution in [-0.4, -0.2) is 11.4 Å². The van der Waals surface area contributed by atoms with E-state index >= 15 is 0 Å². The van der Waals surface area contributed by atoms with Crippen molar-refractivity contribution >= 4 is 17.5 Å². The normalized spacial score (nSPS) is 11.3. The maximum atomic E-state index is 12.0. The van der Waals surface area contributed by atoms with Gasteiger partial charge in [-0.2, -0.15) is 0 Å². The zero-order chi connectivity index (χ0) is 12.9. The quantitative estimate of drug-likeness (QED) is 0.796. The van der Waals surface area contributed by atoms with E-state index in [1.165, 1.54) is 0 Å². The van der Waals surface area contributed by atoms with Crippen LogP contribution in [0.2, 0.25) is 0 Å². The Kier molecular flexibility index (Phi) is 5.01. The molecule has 94 valence electrons. The lowest BCUT2D eigenvalue weighted by Crippen LogP contribution is -2.43. The summed E-state index contributed by atoms with van der Waals surface area (Å²) in [6, 6.07) is 7.40. The molecule has 0 saturated heterocycles. The van der Waals surface area contributed by atoms with E-state index < -0.39 is 0 Å². The number of hydrogen-bond acceptors (Lipinski definition) is 1. The van der Waals surface area contributed by atoms with E-state index in [0.29, 0.717) is 11.4 Å². The maximum Gasteiger partial charge on any atom is 0.251 e. The summed E-state index contributed by atoms with van der Waals surface area (Å²) in [5.41, 5.74) is 1.55. The number of alkyl halides is 1. The van der Waals surface area contributed by atoms with Crippen LogP contribution in [0.3, 0.4) is 0 Å². The first kappa shape index (κ1) is 14.0. The van der Waals surface area contributed by atoms with E-state index in [1.54, 1.807) is 0 Å². The summed E-state index contributed by atoms with van der Waals surface area (Å²) in [7, 11) is 0. The van der Waals surface area contributed by atoms with Crippen molar-refractivity contribution in [2.45, 2.75) is 45.0 Å². The van der Waals surface area contributed by atoms with E-state index in [2.05, 4.69) is 12.2 Å². The first-order chi connectivity index (χ1) is 7.98. The zero-order valence-electron chi connectivity index (χ0n) is 10.7. The highest BCUT2D eigenvalue weighted by atomic mass is 35.5. The monoisotopic (exact) mass is 253 g/mol. The van der Waals surface area contributed by atoms with Gasteiger partial charge in [0.05, 0.1) is 0 Å². The average molecular weight is 254 g/mol. The number of carbonyl (C=O) groups excluding carboxylic acids is 1. The molecule has 0 radical (unpaired) electrons. The van der Waals surface area contributed by atoms with Crippen molar-refractivity contribution in [2.75, 3.05) is 0 Å². The molecule has 2 nitrogen and oxygen atoms in total. The maximum absolute atomic E-state index is 12.0. The SMILES string of the molecule is CCCC(C)(C)NC(=O)c1ccc(CCl)cc1. The summed E-state index contributed by atoms with van der Waals surface area (Å²) in [5, 5.41) is 3.04. The van der Waals surface area contributed by atoms with Gasteiger partial charge in [0.1, 0.15) is 0 Å². The molecular formula is C14H20ClNO. The lowest BCUT2D eigenvalue weighted by atomic mass is 9.98. The lowest BCUT2D eigenvalue weighted by Gasteiger charge is -2.25. The standard InChI is InChI=1S/C14H20ClNO/c1-4-9-14(2,3)16-13(17)12-7-5-11(10-15)6-8-12/h5-8H,4,9-10H2,1-3H3,(H,16,17). The van der Waals surface area contributed by atoms with Gasteiger partial charge >= 0.3 is 0 Å². The van der Waals surface area contributed by atoms with Crippen molar-refractivity contribution < 1.29 is 4.79 Å². The third kappa shape index (κ3) is 4.39. The second-order valence-electron chi connectivity index (χ2n) is 4.92. The molecule has 0 heterocycles. The van der Waals surface area contributed by atoms with Gasteiger partial charge in [-0.15, -0.1) is 11.6 Å². The molecule has 1 N–H and O–H groups in total. The summed E-state index contributed by atoms with van der Waals surface area (Å²) in [5.74, 6) is 0.452. The van der Waals surface area contributed by atoms with Crippen molar-refractivity contribution in [2.24, 2.45) is 0 Å². The second-order valence-corrected chi connectivity index (χ2v) is 5.19. The van der Waals surface area contributed by atoms with Gasteiger partial charge in [-0.1, -0.05) is 25.5 Å². The number of halogens is 1. The van der Waals surface area contributed by atoms with Gasteiger partial charge in [-0.3, -0.25) is 4.79 Å². The zero-order valence-corrected chi connectivity index (χ0v) is 11.5. The number of hydrogen-bond donors (Lipinski definition) is 1. The second kappa shape index (κ2) is 6.06. The Morgan fingerprint density at radius 3 is 2.35 bits per heavy atom. The van der Waals surface area contributed by atoms with Crippen molar-refractivity contribution in [3.05, 3.63) is 35.4 Å². The number of carbonyl (C=O) groups is 1. The number of rotatable bonds is 5. The van der Waals surface area contributed by atoms with Crippen LogP contribution >= 0.6 is 11.6 Å². The summed E-state index contributed by atoms with van der Waals surface area (Å²) in [4.78, 5) is 12.0. The van der Waals surface area contributed by atoms with E-state index in [1.807, 2.05) is 38.1 Å². The molecule has 0 aliphatic heterocycles. The summed E-state index contributed by atoms with van der Waals surface area (Å²) >= 11 is 5.71. The summed E-state index contributed by atoms with van der Waals surface area (Å²) in [6.07, 6.45) is 2.02. The van der Waals surface area contributed by atoms with E-state index in [9.17, 15) is 4.79 Å². The molecular weight excluding hydrogens is 234 g/mol. The van der Waals surface area contributed by atoms with Crippen molar-refractivity contribution in [3.63, 3.8) is 0 Å². The lowest BCUT2D eigenvalue weighted by molar-refractivity contribution is 0.0909. The molecule has 0 unspecified atom stereocenters. The van der Waals surface area contributed by atoms with Crippen LogP contribution in [0.1, 0.15) is 49.5 Å². The summed E-state index contributed by atoms with van der Waals surface area (Å²) < 4.78 is 0. The minimum absolute atomic E-state index is 0.0235. The van der Waals surface area contributed by atoms with Crippen LogP contribution in [0, 0.1) is 0 Å². The number of nitrogens with one attached hydrogen (secondary N) is 1. The highest BCUT2D eigenvalue weighted by Gasteiger charge is 2.19. The first-order valence-corrected chi connectivity index (χ1v) is 6.49. The van der Waals surface area contributed by atoms with Crippen LogP contribution in [0.15, 0.2) is 24.3 Å². The smallest absolute Gasteiger partial charge is 0.251 e. The predicted molar refractivity (Wildman–Crippen MR) is 72.5 cm³/mol. The fraction of sp³-hybridized carbons (Fsp3) is 0.500. The molecule has 0 aromatic heterocycles. The minimum Gasteiger partial charge on any atom is -0.347 e. The Labute approximate surface area is 108 Å². The first-order valence-electron chi connectivity index (χ1n) is 5.96. The van der Waals surface area contributed by atoms with E-state index in [0.717, 1.165) is 18.4 Å². The Morgan fingerprint density at radius 1 is 1.29 bits per heavy atom.